The molecular weight excluding hydrogens is 478 g/mol. The number of anilines is 1. The molecular formula is C31H29N3O4. The van der Waals surface area contributed by atoms with Crippen LogP contribution >= 0.6 is 0 Å². The first kappa shape index (κ1) is 26.3. The Morgan fingerprint density at radius 3 is 1.92 bits per heavy atom. The number of carbonyl (C=O) groups excluding carboxylic acids is 2. The lowest BCUT2D eigenvalue weighted by Gasteiger charge is -2.24. The standard InChI is InChI=1S/C31H29N3O4/c1-21-13-14-22(2)27(19-21)32-30(35)28(20-23-15-17-26(18-16-23)34(37)38)33-31(36)29(24-9-5-3-6-10-24)25-11-7-4-8-12-25/h3-19,28-29H,20H2,1-2H3,(H,32,35)(H,33,36)/t28-/m1/s1. The highest BCUT2D eigenvalue weighted by Gasteiger charge is 2.28. The second kappa shape index (κ2) is 12.0. The zero-order chi connectivity index (χ0) is 27.1. The topological polar surface area (TPSA) is 101 Å². The molecule has 0 aliphatic heterocycles. The van der Waals surface area contributed by atoms with Gasteiger partial charge in [0.25, 0.3) is 5.69 Å². The van der Waals surface area contributed by atoms with Crippen LogP contribution in [0.25, 0.3) is 0 Å². The van der Waals surface area contributed by atoms with E-state index in [2.05, 4.69) is 10.6 Å². The predicted octanol–water partition coefficient (Wildman–Crippen LogP) is 5.71. The summed E-state index contributed by atoms with van der Waals surface area (Å²) >= 11 is 0. The minimum atomic E-state index is -0.918. The van der Waals surface area contributed by atoms with Crippen molar-refractivity contribution in [2.45, 2.75) is 32.2 Å². The fourth-order valence-electron chi connectivity index (χ4n) is 4.33. The van der Waals surface area contributed by atoms with Crippen LogP contribution in [0, 0.1) is 24.0 Å². The number of non-ortho nitro benzene ring substituents is 1. The maximum Gasteiger partial charge on any atom is 0.269 e. The van der Waals surface area contributed by atoms with E-state index in [-0.39, 0.29) is 23.9 Å². The fourth-order valence-corrected chi connectivity index (χ4v) is 4.33. The van der Waals surface area contributed by atoms with Gasteiger partial charge < -0.3 is 10.6 Å². The van der Waals surface area contributed by atoms with E-state index >= 15 is 0 Å². The van der Waals surface area contributed by atoms with Crippen LogP contribution in [0.15, 0.2) is 103 Å². The molecule has 4 aromatic rings. The van der Waals surface area contributed by atoms with Crippen molar-refractivity contribution in [2.75, 3.05) is 5.32 Å². The number of carbonyl (C=O) groups is 2. The Hall–Kier alpha value is -4.78. The van der Waals surface area contributed by atoms with Gasteiger partial charge in [-0.3, -0.25) is 19.7 Å². The van der Waals surface area contributed by atoms with E-state index in [9.17, 15) is 19.7 Å². The molecule has 0 aliphatic rings. The number of nitrogens with one attached hydrogen (secondary N) is 2. The number of rotatable bonds is 9. The molecule has 192 valence electrons. The molecule has 0 unspecified atom stereocenters. The van der Waals surface area contributed by atoms with Gasteiger partial charge in [0.05, 0.1) is 10.8 Å². The fraction of sp³-hybridized carbons (Fsp3) is 0.161. The van der Waals surface area contributed by atoms with Gasteiger partial charge >= 0.3 is 0 Å². The molecule has 4 aromatic carbocycles. The number of aryl methyl sites for hydroxylation is 2. The van der Waals surface area contributed by atoms with Gasteiger partial charge in [-0.15, -0.1) is 0 Å². The molecule has 0 saturated carbocycles. The summed E-state index contributed by atoms with van der Waals surface area (Å²) in [4.78, 5) is 37.9. The highest BCUT2D eigenvalue weighted by molar-refractivity contribution is 5.99. The van der Waals surface area contributed by atoms with Crippen LogP contribution in [0.4, 0.5) is 11.4 Å². The van der Waals surface area contributed by atoms with Crippen LogP contribution in [0.2, 0.25) is 0 Å². The number of hydrogen-bond donors (Lipinski definition) is 2. The minimum Gasteiger partial charge on any atom is -0.343 e. The van der Waals surface area contributed by atoms with E-state index in [1.807, 2.05) is 92.7 Å². The summed E-state index contributed by atoms with van der Waals surface area (Å²) in [5.41, 5.74) is 4.82. The van der Waals surface area contributed by atoms with Gasteiger partial charge in [-0.05, 0) is 47.7 Å². The second-order valence-electron chi connectivity index (χ2n) is 9.25. The summed E-state index contributed by atoms with van der Waals surface area (Å²) in [7, 11) is 0. The Kier molecular flexibility index (Phi) is 8.28. The van der Waals surface area contributed by atoms with Gasteiger partial charge in [0.15, 0.2) is 0 Å². The molecule has 38 heavy (non-hydrogen) atoms. The van der Waals surface area contributed by atoms with Gasteiger partial charge in [0, 0.05) is 24.2 Å². The molecule has 0 aliphatic carbocycles. The van der Waals surface area contributed by atoms with Crippen LogP contribution in [0.3, 0.4) is 0 Å². The molecule has 7 heteroatoms. The Balaban J connectivity index is 1.65. The summed E-state index contributed by atoms with van der Waals surface area (Å²) in [6, 6.07) is 29.7. The van der Waals surface area contributed by atoms with Crippen molar-refractivity contribution in [3.8, 4) is 0 Å². The average Bonchev–Trinajstić information content (AvgIpc) is 2.92. The maximum atomic E-state index is 13.8. The van der Waals surface area contributed by atoms with Gasteiger partial charge in [-0.1, -0.05) is 84.9 Å². The number of amides is 2. The lowest BCUT2D eigenvalue weighted by Crippen LogP contribution is -2.47. The van der Waals surface area contributed by atoms with E-state index in [0.717, 1.165) is 22.3 Å². The molecule has 0 aromatic heterocycles. The molecule has 0 fully saturated rings. The molecule has 0 bridgehead atoms. The van der Waals surface area contributed by atoms with Crippen molar-refractivity contribution < 1.29 is 14.5 Å². The first-order valence-corrected chi connectivity index (χ1v) is 12.3. The monoisotopic (exact) mass is 507 g/mol. The van der Waals surface area contributed by atoms with Gasteiger partial charge in [-0.2, -0.15) is 0 Å². The Morgan fingerprint density at radius 2 is 1.37 bits per heavy atom. The molecule has 0 spiro atoms. The lowest BCUT2D eigenvalue weighted by atomic mass is 9.90. The number of nitro benzene ring substituents is 1. The van der Waals surface area contributed by atoms with Crippen molar-refractivity contribution >= 4 is 23.2 Å². The van der Waals surface area contributed by atoms with Crippen molar-refractivity contribution in [3.05, 3.63) is 141 Å². The molecule has 7 nitrogen and oxygen atoms in total. The molecule has 1 atom stereocenters. The molecule has 0 radical (unpaired) electrons. The molecule has 4 rings (SSSR count). The summed E-state index contributed by atoms with van der Waals surface area (Å²) < 4.78 is 0. The normalized spacial score (nSPS) is 11.6. The Bertz CT molecular complexity index is 1380. The van der Waals surface area contributed by atoms with E-state index in [0.29, 0.717) is 11.3 Å². The van der Waals surface area contributed by atoms with Crippen LogP contribution in [0.1, 0.15) is 33.7 Å². The van der Waals surface area contributed by atoms with Crippen molar-refractivity contribution in [3.63, 3.8) is 0 Å². The highest BCUT2D eigenvalue weighted by Crippen LogP contribution is 2.25. The van der Waals surface area contributed by atoms with E-state index in [1.165, 1.54) is 12.1 Å². The summed E-state index contributed by atoms with van der Waals surface area (Å²) in [6.07, 6.45) is 0.163. The first-order valence-electron chi connectivity index (χ1n) is 12.3. The van der Waals surface area contributed by atoms with Gasteiger partial charge in [0.1, 0.15) is 6.04 Å². The Morgan fingerprint density at radius 1 is 0.789 bits per heavy atom. The number of nitro groups is 1. The van der Waals surface area contributed by atoms with E-state index < -0.39 is 16.9 Å². The zero-order valence-corrected chi connectivity index (χ0v) is 21.3. The van der Waals surface area contributed by atoms with Gasteiger partial charge in [-0.25, -0.2) is 0 Å². The van der Waals surface area contributed by atoms with Crippen molar-refractivity contribution in [1.82, 2.24) is 5.32 Å². The van der Waals surface area contributed by atoms with Crippen LogP contribution in [-0.4, -0.2) is 22.8 Å². The maximum absolute atomic E-state index is 13.8. The summed E-state index contributed by atoms with van der Waals surface area (Å²) in [5, 5.41) is 17.0. The van der Waals surface area contributed by atoms with Crippen LogP contribution in [-0.2, 0) is 16.0 Å². The lowest BCUT2D eigenvalue weighted by molar-refractivity contribution is -0.384. The average molecular weight is 508 g/mol. The van der Waals surface area contributed by atoms with E-state index in [4.69, 9.17) is 0 Å². The second-order valence-corrected chi connectivity index (χ2v) is 9.25. The SMILES string of the molecule is Cc1ccc(C)c(NC(=O)[C@@H](Cc2ccc([N+](=O)[O-])cc2)NC(=O)C(c2ccccc2)c2ccccc2)c1. The number of nitrogens with zero attached hydrogens (tertiary/aromatic N) is 1. The zero-order valence-electron chi connectivity index (χ0n) is 21.3. The predicted molar refractivity (Wildman–Crippen MR) is 148 cm³/mol. The third-order valence-electron chi connectivity index (χ3n) is 6.40. The third kappa shape index (κ3) is 6.50. The number of benzene rings is 4. The number of hydrogen-bond acceptors (Lipinski definition) is 4. The van der Waals surface area contributed by atoms with Crippen molar-refractivity contribution in [1.29, 1.82) is 0 Å². The highest BCUT2D eigenvalue weighted by atomic mass is 16.6. The van der Waals surface area contributed by atoms with Crippen LogP contribution in [0.5, 0.6) is 0 Å². The minimum absolute atomic E-state index is 0.0395. The van der Waals surface area contributed by atoms with Gasteiger partial charge in [0.2, 0.25) is 11.8 Å². The first-order chi connectivity index (χ1) is 18.3. The van der Waals surface area contributed by atoms with Crippen molar-refractivity contribution in [2.24, 2.45) is 0 Å². The third-order valence-corrected chi connectivity index (χ3v) is 6.40. The molecule has 2 N–H and O–H groups in total. The smallest absolute Gasteiger partial charge is 0.269 e. The largest absolute Gasteiger partial charge is 0.343 e. The molecule has 2 amide bonds. The molecule has 0 saturated heterocycles. The summed E-state index contributed by atoms with van der Waals surface area (Å²) in [5.74, 6) is -1.30. The van der Waals surface area contributed by atoms with E-state index in [1.54, 1.807) is 12.1 Å². The Labute approximate surface area is 221 Å². The summed E-state index contributed by atoms with van der Waals surface area (Å²) in [6.45, 7) is 3.84. The quantitative estimate of drug-likeness (QED) is 0.224. The van der Waals surface area contributed by atoms with Crippen LogP contribution < -0.4 is 10.6 Å². The molecule has 0 heterocycles.